The summed E-state index contributed by atoms with van der Waals surface area (Å²) in [6.45, 7) is 1.30. The minimum atomic E-state index is -0.887. The highest BCUT2D eigenvalue weighted by molar-refractivity contribution is 6.06. The van der Waals surface area contributed by atoms with E-state index in [9.17, 15) is 14.0 Å². The summed E-state index contributed by atoms with van der Waals surface area (Å²) >= 11 is 0. The summed E-state index contributed by atoms with van der Waals surface area (Å²) < 4.78 is 18.5. The maximum absolute atomic E-state index is 13.6. The number of nitrogens with zero attached hydrogens (tertiary/aromatic N) is 5. The van der Waals surface area contributed by atoms with Gasteiger partial charge >= 0.3 is 6.03 Å². The molecule has 9 heteroatoms. The number of anilines is 1. The van der Waals surface area contributed by atoms with E-state index in [1.165, 1.54) is 19.1 Å². The lowest BCUT2D eigenvalue weighted by Gasteiger charge is -2.42. The Balaban J connectivity index is 1.57. The van der Waals surface area contributed by atoms with Crippen molar-refractivity contribution in [1.82, 2.24) is 19.8 Å². The number of piperidine rings is 1. The summed E-state index contributed by atoms with van der Waals surface area (Å²) in [5.74, 6) is -0.585. The molecular formula is C20H22FN5O3. The lowest BCUT2D eigenvalue weighted by atomic mass is 9.85. The van der Waals surface area contributed by atoms with Crippen LogP contribution in [-0.4, -0.2) is 64.5 Å². The average Bonchev–Trinajstić information content (AvgIpc) is 2.92. The van der Waals surface area contributed by atoms with Gasteiger partial charge in [-0.1, -0.05) is 30.3 Å². The lowest BCUT2D eigenvalue weighted by Crippen LogP contribution is -2.56. The van der Waals surface area contributed by atoms with Gasteiger partial charge in [-0.15, -0.1) is 0 Å². The zero-order valence-electron chi connectivity index (χ0n) is 16.3. The molecule has 2 aliphatic rings. The van der Waals surface area contributed by atoms with Gasteiger partial charge in [-0.25, -0.2) is 9.78 Å². The molecule has 0 atom stereocenters. The molecule has 1 aromatic heterocycles. The average molecular weight is 399 g/mol. The molecule has 3 amide bonds. The number of hydrogen-bond acceptors (Lipinski definition) is 6. The van der Waals surface area contributed by atoms with Crippen LogP contribution in [0.1, 0.15) is 18.4 Å². The fourth-order valence-electron chi connectivity index (χ4n) is 4.06. The van der Waals surface area contributed by atoms with Crippen molar-refractivity contribution in [3.8, 4) is 5.88 Å². The summed E-state index contributed by atoms with van der Waals surface area (Å²) in [5, 5.41) is 0. The molecule has 0 saturated carbocycles. The van der Waals surface area contributed by atoms with E-state index in [4.69, 9.17) is 4.74 Å². The Morgan fingerprint density at radius 1 is 1.17 bits per heavy atom. The van der Waals surface area contributed by atoms with E-state index in [0.29, 0.717) is 38.4 Å². The van der Waals surface area contributed by atoms with E-state index < -0.39 is 11.4 Å². The van der Waals surface area contributed by atoms with E-state index in [1.54, 1.807) is 4.90 Å². The molecule has 2 saturated heterocycles. The smallest absolute Gasteiger partial charge is 0.327 e. The molecule has 2 aromatic rings. The number of methoxy groups -OCH3 is 1. The minimum absolute atomic E-state index is 0.118. The molecule has 8 nitrogen and oxygen atoms in total. The highest BCUT2D eigenvalue weighted by atomic mass is 19.1. The van der Waals surface area contributed by atoms with Crippen LogP contribution in [-0.2, 0) is 11.3 Å². The highest BCUT2D eigenvalue weighted by Gasteiger charge is 2.56. The fraction of sp³-hybridized carbons (Fsp3) is 0.400. The van der Waals surface area contributed by atoms with Crippen LogP contribution in [0.25, 0.3) is 0 Å². The molecule has 0 aliphatic carbocycles. The first-order valence-electron chi connectivity index (χ1n) is 9.41. The van der Waals surface area contributed by atoms with Crippen molar-refractivity contribution in [2.75, 3.05) is 32.1 Å². The molecule has 1 aromatic carbocycles. The van der Waals surface area contributed by atoms with Crippen LogP contribution >= 0.6 is 0 Å². The second kappa shape index (κ2) is 7.31. The van der Waals surface area contributed by atoms with Crippen LogP contribution in [0.2, 0.25) is 0 Å². The number of aromatic nitrogens is 2. The molecule has 0 unspecified atom stereocenters. The molecule has 0 bridgehead atoms. The minimum Gasteiger partial charge on any atom is -0.479 e. The molecule has 152 valence electrons. The van der Waals surface area contributed by atoms with Crippen molar-refractivity contribution in [1.29, 1.82) is 0 Å². The van der Waals surface area contributed by atoms with Gasteiger partial charge in [0.25, 0.3) is 11.8 Å². The quantitative estimate of drug-likeness (QED) is 0.733. The number of urea groups is 1. The maximum atomic E-state index is 13.6. The molecule has 0 N–H and O–H groups in total. The third kappa shape index (κ3) is 3.16. The van der Waals surface area contributed by atoms with Crippen LogP contribution in [0.5, 0.6) is 5.88 Å². The van der Waals surface area contributed by atoms with E-state index in [2.05, 4.69) is 9.97 Å². The van der Waals surface area contributed by atoms with Crippen molar-refractivity contribution >= 4 is 17.9 Å². The SMILES string of the molecule is COc1nc(N2CCC3(CC2)C(=O)N(C)C(=O)N3Cc2ccccc2)ncc1F. The van der Waals surface area contributed by atoms with Crippen LogP contribution in [0, 0.1) is 5.82 Å². The summed E-state index contributed by atoms with van der Waals surface area (Å²) in [6, 6.07) is 9.34. The van der Waals surface area contributed by atoms with Gasteiger partial charge in [0.05, 0.1) is 13.3 Å². The number of carbonyl (C=O) groups excluding carboxylic acids is 2. The van der Waals surface area contributed by atoms with Crippen molar-refractivity contribution in [2.24, 2.45) is 0 Å². The number of rotatable bonds is 4. The zero-order valence-corrected chi connectivity index (χ0v) is 16.3. The topological polar surface area (TPSA) is 78.9 Å². The number of halogens is 1. The van der Waals surface area contributed by atoms with Crippen molar-refractivity contribution in [2.45, 2.75) is 24.9 Å². The Bertz CT molecular complexity index is 931. The standard InChI is InChI=1S/C20H22FN5O3/c1-24-17(27)20(26(19(24)28)13-14-6-4-3-5-7-14)8-10-25(11-9-20)18-22-12-15(21)16(23-18)29-2/h3-7,12H,8-11,13H2,1-2H3. The van der Waals surface area contributed by atoms with Gasteiger partial charge in [0, 0.05) is 26.7 Å². The Kier molecular flexibility index (Phi) is 4.81. The van der Waals surface area contributed by atoms with Gasteiger partial charge in [-0.3, -0.25) is 9.69 Å². The summed E-state index contributed by atoms with van der Waals surface area (Å²) in [4.78, 5) is 38.7. The molecule has 2 aliphatic heterocycles. The Morgan fingerprint density at radius 2 is 1.86 bits per heavy atom. The largest absolute Gasteiger partial charge is 0.479 e. The van der Waals surface area contributed by atoms with Gasteiger partial charge < -0.3 is 14.5 Å². The molecule has 0 radical (unpaired) electrons. The van der Waals surface area contributed by atoms with Crippen molar-refractivity contribution < 1.29 is 18.7 Å². The maximum Gasteiger partial charge on any atom is 0.327 e. The number of hydrogen-bond donors (Lipinski definition) is 0. The third-order valence-corrected chi connectivity index (χ3v) is 5.69. The predicted octanol–water partition coefficient (Wildman–Crippen LogP) is 2.06. The fourth-order valence-corrected chi connectivity index (χ4v) is 4.06. The van der Waals surface area contributed by atoms with Crippen LogP contribution in [0.15, 0.2) is 36.5 Å². The Labute approximate surface area is 167 Å². The van der Waals surface area contributed by atoms with Crippen LogP contribution in [0.4, 0.5) is 15.1 Å². The van der Waals surface area contributed by atoms with E-state index in [1.807, 2.05) is 35.2 Å². The number of ether oxygens (including phenoxy) is 1. The van der Waals surface area contributed by atoms with Crippen molar-refractivity contribution in [3.05, 3.63) is 47.9 Å². The normalized spacial score (nSPS) is 18.7. The summed E-state index contributed by atoms with van der Waals surface area (Å²) in [6.07, 6.45) is 1.96. The monoisotopic (exact) mass is 399 g/mol. The second-order valence-corrected chi connectivity index (χ2v) is 7.26. The molecule has 2 fully saturated rings. The molecule has 4 rings (SSSR count). The van der Waals surface area contributed by atoms with E-state index >= 15 is 0 Å². The lowest BCUT2D eigenvalue weighted by molar-refractivity contribution is -0.133. The molecular weight excluding hydrogens is 377 g/mol. The number of imide groups is 1. The first-order valence-corrected chi connectivity index (χ1v) is 9.41. The summed E-state index contributed by atoms with van der Waals surface area (Å²) in [7, 11) is 2.87. The van der Waals surface area contributed by atoms with Crippen LogP contribution < -0.4 is 9.64 Å². The second-order valence-electron chi connectivity index (χ2n) is 7.26. The Hall–Kier alpha value is -3.23. The molecule has 3 heterocycles. The summed E-state index contributed by atoms with van der Waals surface area (Å²) in [5.41, 5.74) is 0.0832. The van der Waals surface area contributed by atoms with Crippen LogP contribution in [0.3, 0.4) is 0 Å². The first-order chi connectivity index (χ1) is 14.0. The number of benzene rings is 1. The molecule has 29 heavy (non-hydrogen) atoms. The first kappa shape index (κ1) is 19.1. The van der Waals surface area contributed by atoms with E-state index in [-0.39, 0.29) is 17.8 Å². The third-order valence-electron chi connectivity index (χ3n) is 5.69. The number of likely N-dealkylation sites (N-methyl/N-ethyl adjacent to an activating group) is 1. The zero-order chi connectivity index (χ0) is 20.6. The highest BCUT2D eigenvalue weighted by Crippen LogP contribution is 2.38. The van der Waals surface area contributed by atoms with Gasteiger partial charge in [0.15, 0.2) is 0 Å². The van der Waals surface area contributed by atoms with Crippen molar-refractivity contribution in [3.63, 3.8) is 0 Å². The van der Waals surface area contributed by atoms with Gasteiger partial charge in [0.1, 0.15) is 5.54 Å². The van der Waals surface area contributed by atoms with Gasteiger partial charge in [0.2, 0.25) is 11.8 Å². The molecule has 1 spiro atoms. The Morgan fingerprint density at radius 3 is 2.52 bits per heavy atom. The number of carbonyl (C=O) groups is 2. The van der Waals surface area contributed by atoms with Gasteiger partial charge in [-0.05, 0) is 18.4 Å². The number of amides is 3. The predicted molar refractivity (Wildman–Crippen MR) is 103 cm³/mol. The van der Waals surface area contributed by atoms with E-state index in [0.717, 1.165) is 11.8 Å². The van der Waals surface area contributed by atoms with Gasteiger partial charge in [-0.2, -0.15) is 9.37 Å².